The Morgan fingerprint density at radius 1 is 1.25 bits per heavy atom. The number of aromatic nitrogens is 1. The topological polar surface area (TPSA) is 34.1 Å². The van der Waals surface area contributed by atoms with Crippen LogP contribution in [0.3, 0.4) is 0 Å². The first kappa shape index (κ1) is 12.2. The molecule has 3 nitrogen and oxygen atoms in total. The molecule has 1 atom stereocenters. The van der Waals surface area contributed by atoms with Gasteiger partial charge in [-0.2, -0.15) is 0 Å². The predicted octanol–water partition coefficient (Wildman–Crippen LogP) is 4.60. The minimum Gasteiger partial charge on any atom is -0.491 e. The van der Waals surface area contributed by atoms with Gasteiger partial charge in [0.1, 0.15) is 12.4 Å². The second kappa shape index (κ2) is 4.75. The molecule has 0 fully saturated rings. The molecule has 0 saturated carbocycles. The van der Waals surface area contributed by atoms with Crippen molar-refractivity contribution in [1.29, 1.82) is 0 Å². The van der Waals surface area contributed by atoms with Crippen molar-refractivity contribution >= 4 is 42.6 Å². The Balaban J connectivity index is 1.65. The van der Waals surface area contributed by atoms with Gasteiger partial charge in [0.25, 0.3) is 0 Å². The van der Waals surface area contributed by atoms with Crippen LogP contribution in [0.4, 0.5) is 5.13 Å². The number of fused-ring (bicyclic) bond motifs is 2. The van der Waals surface area contributed by atoms with Gasteiger partial charge < -0.3 is 10.1 Å². The highest BCUT2D eigenvalue weighted by Gasteiger charge is 2.24. The van der Waals surface area contributed by atoms with E-state index in [-0.39, 0.29) is 6.04 Å². The first-order valence-electron chi connectivity index (χ1n) is 6.34. The number of hydrogen-bond acceptors (Lipinski definition) is 4. The number of nitrogens with zero attached hydrogens (tertiary/aromatic N) is 1. The Bertz CT molecular complexity index is 786. The summed E-state index contributed by atoms with van der Waals surface area (Å²) in [6.45, 7) is 0.652. The molecular formula is C15H11BrN2OS. The van der Waals surface area contributed by atoms with Crippen molar-refractivity contribution in [2.24, 2.45) is 0 Å². The maximum Gasteiger partial charge on any atom is 0.184 e. The number of benzene rings is 2. The van der Waals surface area contributed by atoms with E-state index < -0.39 is 0 Å². The lowest BCUT2D eigenvalue weighted by atomic mass is 10.1. The van der Waals surface area contributed by atoms with E-state index in [0.29, 0.717) is 6.61 Å². The van der Waals surface area contributed by atoms with Crippen LogP contribution in [0.2, 0.25) is 0 Å². The van der Waals surface area contributed by atoms with Gasteiger partial charge in [0, 0.05) is 10.0 Å². The summed E-state index contributed by atoms with van der Waals surface area (Å²) in [6.07, 6.45) is 0. The SMILES string of the molecule is Brc1ccc2sc(NC3COc4ccccc43)nc2c1. The van der Waals surface area contributed by atoms with Crippen LogP contribution >= 0.6 is 27.3 Å². The standard InChI is InChI=1S/C15H11BrN2OS/c16-9-5-6-14-11(7-9)17-15(20-14)18-12-8-19-13-4-2-1-3-10(12)13/h1-7,12H,8H2,(H,17,18). The summed E-state index contributed by atoms with van der Waals surface area (Å²) < 4.78 is 7.92. The van der Waals surface area contributed by atoms with Crippen LogP contribution < -0.4 is 10.1 Å². The van der Waals surface area contributed by atoms with Crippen molar-refractivity contribution in [3.63, 3.8) is 0 Å². The first-order valence-corrected chi connectivity index (χ1v) is 7.95. The minimum atomic E-state index is 0.176. The quantitative estimate of drug-likeness (QED) is 0.735. The van der Waals surface area contributed by atoms with Crippen LogP contribution in [-0.4, -0.2) is 11.6 Å². The van der Waals surface area contributed by atoms with Crippen LogP contribution in [-0.2, 0) is 0 Å². The molecule has 1 unspecified atom stereocenters. The van der Waals surface area contributed by atoms with Gasteiger partial charge >= 0.3 is 0 Å². The lowest BCUT2D eigenvalue weighted by molar-refractivity contribution is 0.340. The summed E-state index contributed by atoms with van der Waals surface area (Å²) in [5.41, 5.74) is 2.21. The van der Waals surface area contributed by atoms with Crippen molar-refractivity contribution < 1.29 is 4.74 Å². The van der Waals surface area contributed by atoms with Gasteiger partial charge in [-0.05, 0) is 24.3 Å². The molecule has 1 N–H and O–H groups in total. The van der Waals surface area contributed by atoms with Crippen LogP contribution in [0.25, 0.3) is 10.2 Å². The molecular weight excluding hydrogens is 336 g/mol. The van der Waals surface area contributed by atoms with Crippen molar-refractivity contribution in [2.45, 2.75) is 6.04 Å². The van der Waals surface area contributed by atoms with Crippen LogP contribution in [0, 0.1) is 0 Å². The zero-order chi connectivity index (χ0) is 13.5. The average molecular weight is 347 g/mol. The number of para-hydroxylation sites is 1. The summed E-state index contributed by atoms with van der Waals surface area (Å²) in [5, 5.41) is 4.41. The summed E-state index contributed by atoms with van der Waals surface area (Å²) in [7, 11) is 0. The zero-order valence-electron chi connectivity index (χ0n) is 10.5. The second-order valence-electron chi connectivity index (χ2n) is 4.68. The van der Waals surface area contributed by atoms with Crippen molar-refractivity contribution in [3.05, 3.63) is 52.5 Å². The molecule has 2 heterocycles. The minimum absolute atomic E-state index is 0.176. The van der Waals surface area contributed by atoms with Crippen LogP contribution in [0.1, 0.15) is 11.6 Å². The fourth-order valence-electron chi connectivity index (χ4n) is 2.39. The number of ether oxygens (including phenoxy) is 1. The smallest absolute Gasteiger partial charge is 0.184 e. The monoisotopic (exact) mass is 346 g/mol. The summed E-state index contributed by atoms with van der Waals surface area (Å²) in [4.78, 5) is 4.63. The normalized spacial score (nSPS) is 16.9. The largest absolute Gasteiger partial charge is 0.491 e. The lowest BCUT2D eigenvalue weighted by Gasteiger charge is -2.09. The van der Waals surface area contributed by atoms with Crippen molar-refractivity contribution in [3.8, 4) is 5.75 Å². The molecule has 0 aliphatic carbocycles. The Morgan fingerprint density at radius 2 is 2.15 bits per heavy atom. The third-order valence-electron chi connectivity index (χ3n) is 3.35. The molecule has 2 aromatic carbocycles. The lowest BCUT2D eigenvalue weighted by Crippen LogP contribution is -2.11. The zero-order valence-corrected chi connectivity index (χ0v) is 12.9. The molecule has 20 heavy (non-hydrogen) atoms. The van der Waals surface area contributed by atoms with E-state index >= 15 is 0 Å². The Hall–Kier alpha value is -1.59. The van der Waals surface area contributed by atoms with E-state index in [9.17, 15) is 0 Å². The van der Waals surface area contributed by atoms with E-state index in [0.717, 1.165) is 20.9 Å². The molecule has 0 bridgehead atoms. The highest BCUT2D eigenvalue weighted by Crippen LogP contribution is 2.36. The number of thiazole rings is 1. The maximum atomic E-state index is 5.68. The molecule has 0 saturated heterocycles. The fraction of sp³-hybridized carbons (Fsp3) is 0.133. The number of nitrogens with one attached hydrogen (secondary N) is 1. The molecule has 0 amide bonds. The van der Waals surface area contributed by atoms with Gasteiger partial charge in [0.2, 0.25) is 0 Å². The number of anilines is 1. The van der Waals surface area contributed by atoms with Crippen molar-refractivity contribution in [2.75, 3.05) is 11.9 Å². The van der Waals surface area contributed by atoms with Crippen LogP contribution in [0.5, 0.6) is 5.75 Å². The molecule has 1 aromatic heterocycles. The summed E-state index contributed by atoms with van der Waals surface area (Å²) in [6, 6.07) is 14.5. The number of rotatable bonds is 2. The molecule has 1 aliphatic heterocycles. The number of halogens is 1. The highest BCUT2D eigenvalue weighted by atomic mass is 79.9. The fourth-order valence-corrected chi connectivity index (χ4v) is 3.64. The van der Waals surface area contributed by atoms with Crippen molar-refractivity contribution in [1.82, 2.24) is 4.98 Å². The average Bonchev–Trinajstić information content (AvgIpc) is 3.03. The Labute approximate surface area is 128 Å². The van der Waals surface area contributed by atoms with E-state index in [1.54, 1.807) is 11.3 Å². The highest BCUT2D eigenvalue weighted by molar-refractivity contribution is 9.10. The van der Waals surface area contributed by atoms with E-state index in [1.165, 1.54) is 10.3 Å². The molecule has 1 aliphatic rings. The van der Waals surface area contributed by atoms with Gasteiger partial charge in [0.15, 0.2) is 5.13 Å². The van der Waals surface area contributed by atoms with E-state index in [2.05, 4.69) is 38.4 Å². The van der Waals surface area contributed by atoms with Gasteiger partial charge in [-0.1, -0.05) is 45.5 Å². The second-order valence-corrected chi connectivity index (χ2v) is 6.62. The molecule has 3 aromatic rings. The molecule has 5 heteroatoms. The predicted molar refractivity (Wildman–Crippen MR) is 85.6 cm³/mol. The summed E-state index contributed by atoms with van der Waals surface area (Å²) >= 11 is 5.14. The van der Waals surface area contributed by atoms with Crippen LogP contribution in [0.15, 0.2) is 46.9 Å². The van der Waals surface area contributed by atoms with Gasteiger partial charge in [-0.25, -0.2) is 4.98 Å². The maximum absolute atomic E-state index is 5.68. The molecule has 4 rings (SSSR count). The molecule has 0 spiro atoms. The van der Waals surface area contributed by atoms with Gasteiger partial charge in [-0.15, -0.1) is 0 Å². The Kier molecular flexibility index (Phi) is 2.89. The summed E-state index contributed by atoms with van der Waals surface area (Å²) in [5.74, 6) is 0.967. The van der Waals surface area contributed by atoms with E-state index in [4.69, 9.17) is 4.74 Å². The molecule has 100 valence electrons. The third kappa shape index (κ3) is 2.07. The van der Waals surface area contributed by atoms with E-state index in [1.807, 2.05) is 30.3 Å². The Morgan fingerprint density at radius 3 is 3.10 bits per heavy atom. The molecule has 0 radical (unpaired) electrons. The first-order chi connectivity index (χ1) is 9.79. The number of hydrogen-bond donors (Lipinski definition) is 1. The third-order valence-corrected chi connectivity index (χ3v) is 4.81. The van der Waals surface area contributed by atoms with Gasteiger partial charge in [0.05, 0.1) is 16.3 Å². The van der Waals surface area contributed by atoms with Gasteiger partial charge in [-0.3, -0.25) is 0 Å².